The minimum Gasteiger partial charge on any atom is -0.492 e. The van der Waals surface area contributed by atoms with Crippen LogP contribution in [0.15, 0.2) is 50.3 Å². The van der Waals surface area contributed by atoms with Gasteiger partial charge in [-0.15, -0.1) is 0 Å². The van der Waals surface area contributed by atoms with Crippen LogP contribution in [0.2, 0.25) is 0 Å². The molecule has 0 aromatic rings. The molecule has 0 amide bonds. The SMILES string of the molecule is C=CC(=C)OCCOP(=O)(OCCOC(=O)C=C)OCCOC(=O)C=C. The fourth-order valence-electron chi connectivity index (χ4n) is 1.19. The summed E-state index contributed by atoms with van der Waals surface area (Å²) < 4.78 is 42.1. The largest absolute Gasteiger partial charge is 0.492 e. The van der Waals surface area contributed by atoms with Gasteiger partial charge in [-0.1, -0.05) is 26.3 Å². The number of carbonyl (C=O) groups is 2. The zero-order valence-electron chi connectivity index (χ0n) is 14.4. The van der Waals surface area contributed by atoms with Crippen LogP contribution >= 0.6 is 7.82 Å². The third-order valence-corrected chi connectivity index (χ3v) is 3.83. The molecule has 9 nitrogen and oxygen atoms in total. The highest BCUT2D eigenvalue weighted by atomic mass is 31.2. The van der Waals surface area contributed by atoms with Crippen LogP contribution in [-0.2, 0) is 41.9 Å². The van der Waals surface area contributed by atoms with Gasteiger partial charge in [-0.2, -0.15) is 0 Å². The number of phosphoric ester groups is 1. The summed E-state index contributed by atoms with van der Waals surface area (Å²) in [5.41, 5.74) is 0. The van der Waals surface area contributed by atoms with Gasteiger partial charge in [0.2, 0.25) is 0 Å². The number of hydrogen-bond donors (Lipinski definition) is 0. The van der Waals surface area contributed by atoms with Crippen molar-refractivity contribution in [1.29, 1.82) is 0 Å². The topological polar surface area (TPSA) is 107 Å². The summed E-state index contributed by atoms with van der Waals surface area (Å²) in [6.45, 7) is 12.5. The molecule has 0 aromatic carbocycles. The van der Waals surface area contributed by atoms with Gasteiger partial charge in [0.25, 0.3) is 0 Å². The second-order valence-electron chi connectivity index (χ2n) is 4.21. The van der Waals surface area contributed by atoms with E-state index in [1.807, 2.05) is 0 Å². The number of allylic oxidation sites excluding steroid dienone is 1. The smallest absolute Gasteiger partial charge is 0.475 e. The molecule has 0 atom stereocenters. The van der Waals surface area contributed by atoms with E-state index in [9.17, 15) is 14.2 Å². The average molecular weight is 390 g/mol. The van der Waals surface area contributed by atoms with Gasteiger partial charge in [0.15, 0.2) is 0 Å². The molecule has 0 N–H and O–H groups in total. The van der Waals surface area contributed by atoms with Crippen molar-refractivity contribution in [1.82, 2.24) is 0 Å². The molecule has 10 heteroatoms. The minimum absolute atomic E-state index is 0.0263. The predicted octanol–water partition coefficient (Wildman–Crippen LogP) is 2.32. The first-order valence-electron chi connectivity index (χ1n) is 7.43. The molecule has 0 unspecified atom stereocenters. The van der Waals surface area contributed by atoms with Crippen molar-refractivity contribution in [2.24, 2.45) is 0 Å². The predicted molar refractivity (Wildman–Crippen MR) is 93.1 cm³/mol. The number of phosphoric acid groups is 1. The van der Waals surface area contributed by atoms with Gasteiger partial charge < -0.3 is 14.2 Å². The average Bonchev–Trinajstić information content (AvgIpc) is 2.65. The molecule has 0 heterocycles. The lowest BCUT2D eigenvalue weighted by Gasteiger charge is -2.18. The zero-order valence-corrected chi connectivity index (χ0v) is 15.3. The van der Waals surface area contributed by atoms with Crippen molar-refractivity contribution in [2.75, 3.05) is 39.6 Å². The van der Waals surface area contributed by atoms with E-state index in [1.165, 1.54) is 6.08 Å². The lowest BCUT2D eigenvalue weighted by Crippen LogP contribution is -2.13. The third-order valence-electron chi connectivity index (χ3n) is 2.34. The summed E-state index contributed by atoms with van der Waals surface area (Å²) in [5.74, 6) is -0.992. The first kappa shape index (κ1) is 23.8. The first-order chi connectivity index (χ1) is 12.4. The third kappa shape index (κ3) is 12.2. The fourth-order valence-corrected chi connectivity index (χ4v) is 2.31. The summed E-state index contributed by atoms with van der Waals surface area (Å²) >= 11 is 0. The van der Waals surface area contributed by atoms with Crippen molar-refractivity contribution in [2.45, 2.75) is 0 Å². The van der Waals surface area contributed by atoms with Crippen molar-refractivity contribution in [3.8, 4) is 0 Å². The second kappa shape index (κ2) is 14.0. The Kier molecular flexibility index (Phi) is 12.8. The van der Waals surface area contributed by atoms with Gasteiger partial charge in [0.1, 0.15) is 25.6 Å². The van der Waals surface area contributed by atoms with Crippen molar-refractivity contribution in [3.63, 3.8) is 0 Å². The number of rotatable bonds is 16. The Labute approximate surface area is 152 Å². The van der Waals surface area contributed by atoms with Crippen molar-refractivity contribution in [3.05, 3.63) is 50.3 Å². The quantitative estimate of drug-likeness (QED) is 0.0980. The van der Waals surface area contributed by atoms with Gasteiger partial charge in [-0.05, 0) is 6.08 Å². The summed E-state index contributed by atoms with van der Waals surface area (Å²) in [6, 6.07) is 0. The van der Waals surface area contributed by atoms with Crippen LogP contribution in [0, 0.1) is 0 Å². The Morgan fingerprint density at radius 3 is 1.42 bits per heavy atom. The van der Waals surface area contributed by atoms with Gasteiger partial charge >= 0.3 is 19.8 Å². The Balaban J connectivity index is 4.41. The minimum atomic E-state index is -3.99. The van der Waals surface area contributed by atoms with Crippen LogP contribution in [0.25, 0.3) is 0 Å². The van der Waals surface area contributed by atoms with Crippen molar-refractivity contribution < 1.29 is 41.9 Å². The maximum atomic E-state index is 12.5. The Morgan fingerprint density at radius 2 is 1.08 bits per heavy atom. The van der Waals surface area contributed by atoms with E-state index < -0.39 is 19.8 Å². The van der Waals surface area contributed by atoms with E-state index in [2.05, 4.69) is 35.8 Å². The Bertz CT molecular complexity index is 480. The van der Waals surface area contributed by atoms with E-state index in [4.69, 9.17) is 18.3 Å². The lowest BCUT2D eigenvalue weighted by molar-refractivity contribution is -0.139. The summed E-state index contributed by atoms with van der Waals surface area (Å²) in [5, 5.41) is 0. The summed E-state index contributed by atoms with van der Waals surface area (Å²) in [4.78, 5) is 21.9. The van der Waals surface area contributed by atoms with Crippen LogP contribution in [0.4, 0.5) is 0 Å². The van der Waals surface area contributed by atoms with Crippen molar-refractivity contribution >= 4 is 19.8 Å². The van der Waals surface area contributed by atoms with Crippen LogP contribution < -0.4 is 0 Å². The molecule has 146 valence electrons. The second-order valence-corrected chi connectivity index (χ2v) is 5.88. The molecular formula is C16H23O9P. The van der Waals surface area contributed by atoms with Gasteiger partial charge in [0, 0.05) is 12.2 Å². The van der Waals surface area contributed by atoms with Crippen LogP contribution in [0.5, 0.6) is 0 Å². The standard InChI is InChI=1S/C16H23O9P/c1-5-14(4)20-8-11-23-26(19,24-12-9-21-15(17)6-2)25-13-10-22-16(18)7-3/h5-7H,1-4,8-13H2. The Morgan fingerprint density at radius 1 is 0.692 bits per heavy atom. The maximum absolute atomic E-state index is 12.5. The van der Waals surface area contributed by atoms with E-state index in [1.54, 1.807) is 0 Å². The summed E-state index contributed by atoms with van der Waals surface area (Å²) in [6.07, 6.45) is 3.35. The summed E-state index contributed by atoms with van der Waals surface area (Å²) in [7, 11) is -3.99. The highest BCUT2D eigenvalue weighted by Crippen LogP contribution is 2.49. The molecule has 0 aliphatic heterocycles. The van der Waals surface area contributed by atoms with Gasteiger partial charge in [-0.25, -0.2) is 14.2 Å². The number of hydrogen-bond acceptors (Lipinski definition) is 9. The zero-order chi connectivity index (χ0) is 19.8. The molecule has 0 aromatic heterocycles. The fraction of sp³-hybridized carbons (Fsp3) is 0.375. The molecule has 0 saturated carbocycles. The molecular weight excluding hydrogens is 367 g/mol. The monoisotopic (exact) mass is 390 g/mol. The van der Waals surface area contributed by atoms with Crippen LogP contribution in [-0.4, -0.2) is 51.6 Å². The highest BCUT2D eigenvalue weighted by molar-refractivity contribution is 7.48. The van der Waals surface area contributed by atoms with Crippen LogP contribution in [0.3, 0.4) is 0 Å². The molecule has 0 aliphatic carbocycles. The molecule has 0 fully saturated rings. The maximum Gasteiger partial charge on any atom is 0.475 e. The molecule has 0 aliphatic rings. The van der Waals surface area contributed by atoms with Gasteiger partial charge in [0.05, 0.1) is 19.8 Å². The van der Waals surface area contributed by atoms with E-state index in [-0.39, 0.29) is 39.6 Å². The molecule has 0 radical (unpaired) electrons. The normalized spacial score (nSPS) is 10.5. The van der Waals surface area contributed by atoms with Gasteiger partial charge in [-0.3, -0.25) is 13.6 Å². The lowest BCUT2D eigenvalue weighted by atomic mass is 10.5. The molecule has 0 rings (SSSR count). The van der Waals surface area contributed by atoms with E-state index >= 15 is 0 Å². The Hall–Kier alpha value is -2.19. The first-order valence-corrected chi connectivity index (χ1v) is 8.89. The molecule has 0 bridgehead atoms. The number of ether oxygens (including phenoxy) is 3. The molecule has 0 spiro atoms. The number of carbonyl (C=O) groups excluding carboxylic acids is 2. The van der Waals surface area contributed by atoms with E-state index in [0.29, 0.717) is 5.76 Å². The molecule has 26 heavy (non-hydrogen) atoms. The molecule has 0 saturated heterocycles. The van der Waals surface area contributed by atoms with E-state index in [0.717, 1.165) is 12.2 Å². The van der Waals surface area contributed by atoms with Crippen LogP contribution in [0.1, 0.15) is 0 Å². The highest BCUT2D eigenvalue weighted by Gasteiger charge is 2.27. The number of esters is 2.